The highest BCUT2D eigenvalue weighted by Gasteiger charge is 2.35. The van der Waals surface area contributed by atoms with Crippen LogP contribution in [0.15, 0.2) is 12.2 Å². The van der Waals surface area contributed by atoms with Crippen molar-refractivity contribution in [3.8, 4) is 0 Å². The predicted octanol–water partition coefficient (Wildman–Crippen LogP) is 3.25. The highest BCUT2D eigenvalue weighted by atomic mass is 16.6. The maximum Gasteiger partial charge on any atom is 0.309 e. The third-order valence-electron chi connectivity index (χ3n) is 5.79. The Balaban J connectivity index is 3.95. The van der Waals surface area contributed by atoms with E-state index in [4.69, 9.17) is 14.9 Å². The normalized spacial score (nSPS) is 16.6. The first-order valence-corrected chi connectivity index (χ1v) is 12.5. The summed E-state index contributed by atoms with van der Waals surface area (Å²) < 4.78 is 5.14. The maximum atomic E-state index is 12.3. The van der Waals surface area contributed by atoms with Crippen molar-refractivity contribution < 1.29 is 35.1 Å². The molecule has 0 aromatic rings. The summed E-state index contributed by atoms with van der Waals surface area (Å²) in [5.74, 6) is -1.04. The summed E-state index contributed by atoms with van der Waals surface area (Å²) in [6.45, 7) is 2.45. The maximum absolute atomic E-state index is 12.3. The second-order valence-corrected chi connectivity index (χ2v) is 8.81. The zero-order valence-electron chi connectivity index (χ0n) is 20.2. The van der Waals surface area contributed by atoms with Crippen molar-refractivity contribution in [1.82, 2.24) is 0 Å². The van der Waals surface area contributed by atoms with Crippen molar-refractivity contribution in [2.24, 2.45) is 5.92 Å². The summed E-state index contributed by atoms with van der Waals surface area (Å²) in [6, 6.07) is 0. The Hall–Kier alpha value is -0.990. The molecule has 0 radical (unpaired) electrons. The van der Waals surface area contributed by atoms with Gasteiger partial charge in [0, 0.05) is 0 Å². The van der Waals surface area contributed by atoms with Gasteiger partial charge in [0.05, 0.1) is 19.1 Å². The van der Waals surface area contributed by atoms with Crippen LogP contribution in [0.2, 0.25) is 0 Å². The van der Waals surface area contributed by atoms with Crippen LogP contribution in [0.3, 0.4) is 0 Å². The largest absolute Gasteiger partial charge is 0.456 e. The van der Waals surface area contributed by atoms with Crippen molar-refractivity contribution >= 4 is 5.97 Å². The first kappa shape index (κ1) is 31.0. The van der Waals surface area contributed by atoms with Gasteiger partial charge in [-0.3, -0.25) is 4.79 Å². The van der Waals surface area contributed by atoms with E-state index in [1.165, 1.54) is 44.9 Å². The van der Waals surface area contributed by atoms with Gasteiger partial charge in [0.2, 0.25) is 0 Å². The number of aliphatic hydroxyl groups is 5. The number of aliphatic hydroxyl groups excluding tert-OH is 5. The molecule has 0 aliphatic heterocycles. The van der Waals surface area contributed by atoms with Gasteiger partial charge in [-0.15, -0.1) is 0 Å². The van der Waals surface area contributed by atoms with Gasteiger partial charge >= 0.3 is 5.97 Å². The van der Waals surface area contributed by atoms with Gasteiger partial charge in [0.15, 0.2) is 6.10 Å². The fourth-order valence-corrected chi connectivity index (χ4v) is 3.52. The summed E-state index contributed by atoms with van der Waals surface area (Å²) in [5, 5.41) is 47.3. The van der Waals surface area contributed by atoms with Crippen molar-refractivity contribution in [1.29, 1.82) is 0 Å². The topological polar surface area (TPSA) is 127 Å². The molecular weight excluding hydrogens is 412 g/mol. The molecule has 0 spiro atoms. The van der Waals surface area contributed by atoms with Crippen molar-refractivity contribution in [2.75, 3.05) is 13.2 Å². The number of carbonyl (C=O) groups is 1. The summed E-state index contributed by atoms with van der Waals surface area (Å²) in [5.41, 5.74) is 0. The smallest absolute Gasteiger partial charge is 0.309 e. The van der Waals surface area contributed by atoms with Crippen LogP contribution < -0.4 is 0 Å². The molecule has 0 saturated carbocycles. The van der Waals surface area contributed by atoms with Gasteiger partial charge in [-0.2, -0.15) is 0 Å². The van der Waals surface area contributed by atoms with Crippen LogP contribution in [0.5, 0.6) is 0 Å². The van der Waals surface area contributed by atoms with E-state index in [9.17, 15) is 20.1 Å². The highest BCUT2D eigenvalue weighted by molar-refractivity contribution is 5.72. The van der Waals surface area contributed by atoms with Crippen LogP contribution in [0.1, 0.15) is 97.3 Å². The van der Waals surface area contributed by atoms with Crippen LogP contribution in [0, 0.1) is 5.92 Å². The number of allylic oxidation sites excluding steroid dienone is 2. The van der Waals surface area contributed by atoms with E-state index >= 15 is 0 Å². The molecule has 0 heterocycles. The monoisotopic (exact) mass is 460 g/mol. The highest BCUT2D eigenvalue weighted by Crippen LogP contribution is 2.17. The van der Waals surface area contributed by atoms with E-state index in [1.54, 1.807) is 6.92 Å². The molecule has 0 saturated heterocycles. The number of carbonyl (C=O) groups excluding carboxylic acids is 1. The minimum Gasteiger partial charge on any atom is -0.456 e. The number of esters is 1. The first-order valence-electron chi connectivity index (χ1n) is 12.5. The molecular formula is C25H48O7. The standard InChI is InChI=1S/C25H48O7/c1-3-4-5-6-7-8-9-10-11-12-13-14-15-16-17-20(2)25(31)32-24(22(29)19-27)23(30)21(28)18-26/h10-11,20-24,26-30H,3-9,12-19H2,1-2H3/b11-10-/t20?,21-,22-,23-,24-/m1/s1. The molecule has 0 bridgehead atoms. The zero-order chi connectivity index (χ0) is 24.2. The van der Waals surface area contributed by atoms with E-state index in [1.807, 2.05) is 0 Å². The molecule has 7 nitrogen and oxygen atoms in total. The van der Waals surface area contributed by atoms with Crippen LogP contribution in [-0.2, 0) is 9.53 Å². The van der Waals surface area contributed by atoms with Gasteiger partial charge in [0.25, 0.3) is 0 Å². The fraction of sp³-hybridized carbons (Fsp3) is 0.880. The summed E-state index contributed by atoms with van der Waals surface area (Å²) in [6.07, 6.45) is 13.2. The van der Waals surface area contributed by atoms with E-state index in [0.29, 0.717) is 6.42 Å². The average molecular weight is 461 g/mol. The average Bonchev–Trinajstić information content (AvgIpc) is 2.80. The second kappa shape index (κ2) is 20.6. The number of rotatable bonds is 21. The Morgan fingerprint density at radius 1 is 0.781 bits per heavy atom. The lowest BCUT2D eigenvalue weighted by atomic mass is 10.0. The SMILES string of the molecule is CCCCCCCC/C=C\CCCCCCC(C)C(=O)O[C@@H]([C@H](O)[C@H](O)CO)[C@H](O)CO. The number of ether oxygens (including phenoxy) is 1. The summed E-state index contributed by atoms with van der Waals surface area (Å²) >= 11 is 0. The van der Waals surface area contributed by atoms with Gasteiger partial charge in [-0.25, -0.2) is 0 Å². The molecule has 0 rings (SSSR count). The Bertz CT molecular complexity index is 469. The van der Waals surface area contributed by atoms with Crippen molar-refractivity contribution in [2.45, 2.75) is 122 Å². The molecule has 7 heteroatoms. The Morgan fingerprint density at radius 3 is 1.81 bits per heavy atom. The van der Waals surface area contributed by atoms with Crippen molar-refractivity contribution in [3.05, 3.63) is 12.2 Å². The Kier molecular flexibility index (Phi) is 20.0. The summed E-state index contributed by atoms with van der Waals surface area (Å²) in [7, 11) is 0. The molecule has 0 aliphatic carbocycles. The van der Waals surface area contributed by atoms with Gasteiger partial charge in [0.1, 0.15) is 18.3 Å². The lowest BCUT2D eigenvalue weighted by Gasteiger charge is -2.29. The van der Waals surface area contributed by atoms with E-state index < -0.39 is 49.5 Å². The number of hydrogen-bond donors (Lipinski definition) is 5. The third kappa shape index (κ3) is 15.0. The lowest BCUT2D eigenvalue weighted by Crippen LogP contribution is -2.50. The molecule has 5 atom stereocenters. The minimum atomic E-state index is -1.69. The van der Waals surface area contributed by atoms with Crippen LogP contribution in [0.25, 0.3) is 0 Å². The summed E-state index contributed by atoms with van der Waals surface area (Å²) in [4.78, 5) is 12.3. The fourth-order valence-electron chi connectivity index (χ4n) is 3.52. The molecule has 32 heavy (non-hydrogen) atoms. The van der Waals surface area contributed by atoms with Crippen molar-refractivity contribution in [3.63, 3.8) is 0 Å². The lowest BCUT2D eigenvalue weighted by molar-refractivity contribution is -0.180. The molecule has 0 aliphatic rings. The van der Waals surface area contributed by atoms with Crippen LogP contribution in [0.4, 0.5) is 0 Å². The molecule has 0 aromatic heterocycles. The zero-order valence-corrected chi connectivity index (χ0v) is 20.2. The van der Waals surface area contributed by atoms with E-state index in [-0.39, 0.29) is 0 Å². The van der Waals surface area contributed by atoms with Crippen LogP contribution in [-0.4, -0.2) is 69.1 Å². The predicted molar refractivity (Wildman–Crippen MR) is 126 cm³/mol. The molecule has 0 aromatic carbocycles. The second-order valence-electron chi connectivity index (χ2n) is 8.81. The van der Waals surface area contributed by atoms with E-state index in [0.717, 1.165) is 32.1 Å². The molecule has 0 fully saturated rings. The van der Waals surface area contributed by atoms with Gasteiger partial charge in [-0.05, 0) is 32.1 Å². The van der Waals surface area contributed by atoms with Crippen LogP contribution >= 0.6 is 0 Å². The van der Waals surface area contributed by atoms with Gasteiger partial charge < -0.3 is 30.3 Å². The molecule has 190 valence electrons. The first-order chi connectivity index (χ1) is 15.4. The molecule has 5 N–H and O–H groups in total. The quantitative estimate of drug-likeness (QED) is 0.101. The Morgan fingerprint density at radius 2 is 1.28 bits per heavy atom. The Labute approximate surface area is 194 Å². The van der Waals surface area contributed by atoms with E-state index in [2.05, 4.69) is 19.1 Å². The molecule has 0 amide bonds. The molecule has 1 unspecified atom stereocenters. The minimum absolute atomic E-state index is 0.431. The number of hydrogen-bond acceptors (Lipinski definition) is 7. The number of unbranched alkanes of at least 4 members (excludes halogenated alkanes) is 10. The van der Waals surface area contributed by atoms with Gasteiger partial charge in [-0.1, -0.05) is 77.4 Å². The third-order valence-corrected chi connectivity index (χ3v) is 5.79.